The van der Waals surface area contributed by atoms with E-state index in [-0.39, 0.29) is 38.8 Å². The average Bonchev–Trinajstić information content (AvgIpc) is 2.66. The van der Waals surface area contributed by atoms with Crippen LogP contribution in [0.1, 0.15) is 21.7 Å². The van der Waals surface area contributed by atoms with Crippen molar-refractivity contribution in [3.63, 3.8) is 0 Å². The highest BCUT2D eigenvalue weighted by molar-refractivity contribution is 6.19. The average molecular weight is 445 g/mol. The van der Waals surface area contributed by atoms with Crippen LogP contribution in [-0.2, 0) is 6.18 Å². The van der Waals surface area contributed by atoms with Gasteiger partial charge in [-0.05, 0) is 37.3 Å². The molecule has 0 aliphatic carbocycles. The van der Waals surface area contributed by atoms with E-state index in [4.69, 9.17) is 4.42 Å². The summed E-state index contributed by atoms with van der Waals surface area (Å²) in [5.41, 5.74) is -1.95. The Morgan fingerprint density at radius 1 is 0.969 bits per heavy atom. The molecule has 10 heteroatoms. The van der Waals surface area contributed by atoms with Crippen molar-refractivity contribution >= 4 is 33.3 Å². The van der Waals surface area contributed by atoms with Crippen LogP contribution in [-0.4, -0.2) is 21.2 Å². The van der Waals surface area contributed by atoms with Crippen LogP contribution in [0.15, 0.2) is 51.7 Å². The molecule has 164 valence electrons. The number of anilines is 1. The molecule has 0 bridgehead atoms. The van der Waals surface area contributed by atoms with Gasteiger partial charge in [0.2, 0.25) is 0 Å². The van der Waals surface area contributed by atoms with Crippen molar-refractivity contribution in [3.05, 3.63) is 69.6 Å². The Kier molecular flexibility index (Phi) is 4.73. The van der Waals surface area contributed by atoms with Crippen LogP contribution < -0.4 is 10.7 Å². The molecule has 1 heterocycles. The van der Waals surface area contributed by atoms with Crippen LogP contribution in [0.4, 0.5) is 18.9 Å². The third kappa shape index (κ3) is 3.45. The molecule has 7 nitrogen and oxygen atoms in total. The number of nitrogens with one attached hydrogen (secondary N) is 1. The third-order valence-electron chi connectivity index (χ3n) is 4.87. The summed E-state index contributed by atoms with van der Waals surface area (Å²) in [5, 5.41) is 32.9. The number of hydrogen-bond donors (Lipinski definition) is 4. The fourth-order valence-electron chi connectivity index (χ4n) is 3.47. The predicted molar refractivity (Wildman–Crippen MR) is 109 cm³/mol. The number of amides is 1. The topological polar surface area (TPSA) is 120 Å². The SMILES string of the molecule is Cc1cc(=O)c2c(O)c3c(O)cc(O)c(C(=O)Nc4ccc(C(F)(F)F)cc4)c3cc2o1. The Labute approximate surface area is 177 Å². The second-order valence-corrected chi connectivity index (χ2v) is 7.06. The van der Waals surface area contributed by atoms with Gasteiger partial charge in [0.15, 0.2) is 5.43 Å². The van der Waals surface area contributed by atoms with Gasteiger partial charge >= 0.3 is 6.18 Å². The van der Waals surface area contributed by atoms with Crippen LogP contribution in [0, 0.1) is 6.92 Å². The Bertz CT molecular complexity index is 1460. The molecule has 0 atom stereocenters. The number of phenols is 3. The number of aromatic hydroxyl groups is 3. The summed E-state index contributed by atoms with van der Waals surface area (Å²) in [6.07, 6.45) is -4.55. The minimum Gasteiger partial charge on any atom is -0.507 e. The van der Waals surface area contributed by atoms with Crippen molar-refractivity contribution in [2.45, 2.75) is 13.1 Å². The molecule has 0 unspecified atom stereocenters. The Hall–Kier alpha value is -4.21. The molecule has 0 aliphatic heterocycles. The molecular weight excluding hydrogens is 431 g/mol. The number of halogens is 3. The summed E-state index contributed by atoms with van der Waals surface area (Å²) < 4.78 is 43.7. The molecule has 4 aromatic rings. The molecule has 0 radical (unpaired) electrons. The number of hydrogen-bond acceptors (Lipinski definition) is 6. The molecule has 0 fully saturated rings. The number of fused-ring (bicyclic) bond motifs is 2. The lowest BCUT2D eigenvalue weighted by atomic mass is 9.98. The van der Waals surface area contributed by atoms with Gasteiger partial charge in [0.05, 0.1) is 16.5 Å². The quantitative estimate of drug-likeness (QED) is 0.334. The van der Waals surface area contributed by atoms with Crippen LogP contribution >= 0.6 is 0 Å². The number of phenolic OH excluding ortho intramolecular Hbond substituents is 3. The maximum atomic E-state index is 12.9. The molecule has 1 amide bonds. The zero-order valence-corrected chi connectivity index (χ0v) is 16.2. The van der Waals surface area contributed by atoms with E-state index in [1.165, 1.54) is 13.0 Å². The molecule has 4 rings (SSSR count). The zero-order chi connectivity index (χ0) is 23.4. The van der Waals surface area contributed by atoms with Crippen molar-refractivity contribution in [1.82, 2.24) is 0 Å². The van der Waals surface area contributed by atoms with Crippen LogP contribution in [0.2, 0.25) is 0 Å². The fourth-order valence-corrected chi connectivity index (χ4v) is 3.47. The third-order valence-corrected chi connectivity index (χ3v) is 4.87. The van der Waals surface area contributed by atoms with E-state index in [2.05, 4.69) is 5.32 Å². The number of carbonyl (C=O) groups excluding carboxylic acids is 1. The largest absolute Gasteiger partial charge is 0.507 e. The van der Waals surface area contributed by atoms with Gasteiger partial charge in [0, 0.05) is 23.2 Å². The minimum absolute atomic E-state index is 0.0102. The lowest BCUT2D eigenvalue weighted by Gasteiger charge is -2.14. The van der Waals surface area contributed by atoms with E-state index >= 15 is 0 Å². The van der Waals surface area contributed by atoms with E-state index < -0.39 is 40.3 Å². The molecule has 0 saturated carbocycles. The van der Waals surface area contributed by atoms with Gasteiger partial charge in [0.25, 0.3) is 5.91 Å². The van der Waals surface area contributed by atoms with Gasteiger partial charge in [-0.3, -0.25) is 9.59 Å². The Balaban J connectivity index is 1.88. The Morgan fingerprint density at radius 3 is 2.25 bits per heavy atom. The number of benzene rings is 3. The summed E-state index contributed by atoms with van der Waals surface area (Å²) in [6.45, 7) is 1.50. The molecule has 0 aliphatic rings. The highest BCUT2D eigenvalue weighted by atomic mass is 19.4. The van der Waals surface area contributed by atoms with Gasteiger partial charge in [-0.2, -0.15) is 13.2 Å². The summed E-state index contributed by atoms with van der Waals surface area (Å²) >= 11 is 0. The number of carbonyl (C=O) groups is 1. The summed E-state index contributed by atoms with van der Waals surface area (Å²) in [6, 6.07) is 6.79. The first kappa shape index (κ1) is 21.0. The van der Waals surface area contributed by atoms with Gasteiger partial charge in [-0.15, -0.1) is 0 Å². The first-order chi connectivity index (χ1) is 15.0. The van der Waals surface area contributed by atoms with Crippen LogP contribution in [0.5, 0.6) is 17.2 Å². The highest BCUT2D eigenvalue weighted by Gasteiger charge is 2.30. The van der Waals surface area contributed by atoms with E-state index in [1.54, 1.807) is 0 Å². The van der Waals surface area contributed by atoms with E-state index in [0.717, 1.165) is 36.4 Å². The van der Waals surface area contributed by atoms with Gasteiger partial charge in [-0.25, -0.2) is 0 Å². The first-order valence-corrected chi connectivity index (χ1v) is 9.11. The van der Waals surface area contributed by atoms with Crippen molar-refractivity contribution in [2.24, 2.45) is 0 Å². The standard InChI is InChI=1S/C22H14F3NO6/c1-9-6-13(27)19-16(32-9)7-12-17(20(19)30)14(28)8-15(29)18(12)21(31)26-11-4-2-10(3-5-11)22(23,24)25/h2-8,28-30H,1H3,(H,26,31). The van der Waals surface area contributed by atoms with Crippen molar-refractivity contribution in [2.75, 3.05) is 5.32 Å². The van der Waals surface area contributed by atoms with Gasteiger partial charge in [-0.1, -0.05) is 0 Å². The monoisotopic (exact) mass is 445 g/mol. The summed E-state index contributed by atoms with van der Waals surface area (Å²) in [7, 11) is 0. The van der Waals surface area contributed by atoms with Crippen LogP contribution in [0.25, 0.3) is 21.7 Å². The van der Waals surface area contributed by atoms with Crippen molar-refractivity contribution in [1.29, 1.82) is 0 Å². The number of alkyl halides is 3. The van der Waals surface area contributed by atoms with E-state index in [9.17, 15) is 38.1 Å². The highest BCUT2D eigenvalue weighted by Crippen LogP contribution is 2.43. The normalized spacial score (nSPS) is 11.8. The van der Waals surface area contributed by atoms with Crippen LogP contribution in [0.3, 0.4) is 0 Å². The Morgan fingerprint density at radius 2 is 1.62 bits per heavy atom. The molecule has 32 heavy (non-hydrogen) atoms. The maximum Gasteiger partial charge on any atom is 0.416 e. The second kappa shape index (κ2) is 7.19. The lowest BCUT2D eigenvalue weighted by Crippen LogP contribution is -2.13. The predicted octanol–water partition coefficient (Wildman–Crippen LogP) is 4.64. The molecule has 4 N–H and O–H groups in total. The van der Waals surface area contributed by atoms with Crippen molar-refractivity contribution < 1.29 is 37.7 Å². The van der Waals surface area contributed by atoms with Gasteiger partial charge in [0.1, 0.15) is 34.0 Å². The molecule has 1 aromatic heterocycles. The van der Waals surface area contributed by atoms with Gasteiger partial charge < -0.3 is 25.1 Å². The maximum absolute atomic E-state index is 12.9. The number of rotatable bonds is 2. The van der Waals surface area contributed by atoms with E-state index in [0.29, 0.717) is 0 Å². The second-order valence-electron chi connectivity index (χ2n) is 7.06. The molecule has 3 aromatic carbocycles. The zero-order valence-electron chi connectivity index (χ0n) is 16.2. The molecular formula is C22H14F3NO6. The lowest BCUT2D eigenvalue weighted by molar-refractivity contribution is -0.137. The fraction of sp³-hybridized carbons (Fsp3) is 0.0909. The number of aryl methyl sites for hydroxylation is 1. The smallest absolute Gasteiger partial charge is 0.416 e. The first-order valence-electron chi connectivity index (χ1n) is 9.11. The van der Waals surface area contributed by atoms with E-state index in [1.807, 2.05) is 0 Å². The summed E-state index contributed by atoms with van der Waals surface area (Å²) in [5.74, 6) is -2.61. The minimum atomic E-state index is -4.55. The molecule has 0 spiro atoms. The van der Waals surface area contributed by atoms with Crippen molar-refractivity contribution in [3.8, 4) is 17.2 Å². The molecule has 0 saturated heterocycles. The summed E-state index contributed by atoms with van der Waals surface area (Å²) in [4.78, 5) is 25.2.